The molecule has 0 atom stereocenters. The maximum Gasteiger partial charge on any atom is 0.231 e. The van der Waals surface area contributed by atoms with E-state index in [0.717, 1.165) is 40.7 Å². The van der Waals surface area contributed by atoms with Crippen molar-refractivity contribution in [2.45, 2.75) is 26.8 Å². The molecule has 1 N–H and O–H groups in total. The molecule has 110 valence electrons. The third-order valence-electron chi connectivity index (χ3n) is 3.35. The van der Waals surface area contributed by atoms with Crippen LogP contribution in [0.2, 0.25) is 5.15 Å². The number of nitrogens with zero attached hydrogens (tertiary/aromatic N) is 2. The average Bonchev–Trinajstić information content (AvgIpc) is 2.96. The van der Waals surface area contributed by atoms with Gasteiger partial charge in [0, 0.05) is 18.5 Å². The van der Waals surface area contributed by atoms with Crippen LogP contribution in [0, 0.1) is 6.92 Å². The van der Waals surface area contributed by atoms with E-state index in [0.29, 0.717) is 11.7 Å². The third kappa shape index (κ3) is 2.88. The Morgan fingerprint density at radius 2 is 2.05 bits per heavy atom. The summed E-state index contributed by atoms with van der Waals surface area (Å²) < 4.78 is 10.7. The zero-order valence-corrected chi connectivity index (χ0v) is 12.7. The Balaban J connectivity index is 1.77. The summed E-state index contributed by atoms with van der Waals surface area (Å²) in [5.74, 6) is 3.07. The molecule has 0 saturated carbocycles. The molecule has 6 heteroatoms. The van der Waals surface area contributed by atoms with Gasteiger partial charge >= 0.3 is 0 Å². The predicted octanol–water partition coefficient (Wildman–Crippen LogP) is 3.34. The van der Waals surface area contributed by atoms with E-state index in [4.69, 9.17) is 21.1 Å². The molecule has 2 aromatic rings. The third-order valence-corrected chi connectivity index (χ3v) is 3.71. The molecule has 0 unspecified atom stereocenters. The fraction of sp³-hybridized carbons (Fsp3) is 0.333. The van der Waals surface area contributed by atoms with Gasteiger partial charge in [0.15, 0.2) is 11.5 Å². The monoisotopic (exact) mass is 305 g/mol. The van der Waals surface area contributed by atoms with E-state index in [1.807, 2.05) is 32.0 Å². The van der Waals surface area contributed by atoms with Crippen LogP contribution in [-0.4, -0.2) is 16.8 Å². The minimum atomic E-state index is 0.284. The number of nitrogens with one attached hydrogen (secondary N) is 1. The number of hydrogen-bond donors (Lipinski definition) is 1. The maximum atomic E-state index is 6.13. The molecule has 0 bridgehead atoms. The minimum absolute atomic E-state index is 0.284. The number of anilines is 1. The van der Waals surface area contributed by atoms with E-state index in [1.54, 1.807) is 0 Å². The van der Waals surface area contributed by atoms with E-state index < -0.39 is 0 Å². The average molecular weight is 306 g/mol. The normalized spacial score (nSPS) is 12.5. The fourth-order valence-corrected chi connectivity index (χ4v) is 2.29. The second-order valence-electron chi connectivity index (χ2n) is 4.80. The van der Waals surface area contributed by atoms with Crippen molar-refractivity contribution in [1.82, 2.24) is 9.97 Å². The lowest BCUT2D eigenvalue weighted by Crippen LogP contribution is -2.07. The molecule has 0 fully saturated rings. The van der Waals surface area contributed by atoms with Crippen LogP contribution in [0.25, 0.3) is 0 Å². The first-order chi connectivity index (χ1) is 10.2. The van der Waals surface area contributed by atoms with Gasteiger partial charge in [-0.1, -0.05) is 24.6 Å². The van der Waals surface area contributed by atoms with Gasteiger partial charge in [0.25, 0.3) is 0 Å². The van der Waals surface area contributed by atoms with E-state index in [-0.39, 0.29) is 6.79 Å². The highest BCUT2D eigenvalue weighted by Crippen LogP contribution is 2.32. The summed E-state index contributed by atoms with van der Waals surface area (Å²) in [6.07, 6.45) is 0.749. The number of ether oxygens (including phenoxy) is 2. The maximum absolute atomic E-state index is 6.13. The Bertz CT molecular complexity index is 676. The van der Waals surface area contributed by atoms with Crippen molar-refractivity contribution in [3.63, 3.8) is 0 Å². The molecule has 0 aliphatic carbocycles. The molecule has 0 spiro atoms. The number of fused-ring (bicyclic) bond motifs is 1. The van der Waals surface area contributed by atoms with Gasteiger partial charge in [0.1, 0.15) is 16.8 Å². The van der Waals surface area contributed by atoms with Crippen molar-refractivity contribution >= 4 is 17.4 Å². The lowest BCUT2D eigenvalue weighted by atomic mass is 10.2. The number of halogens is 1. The Labute approximate surface area is 128 Å². The van der Waals surface area contributed by atoms with Crippen LogP contribution in [0.4, 0.5) is 5.82 Å². The summed E-state index contributed by atoms with van der Waals surface area (Å²) >= 11 is 6.13. The number of aryl methyl sites for hydroxylation is 1. The van der Waals surface area contributed by atoms with Crippen molar-refractivity contribution < 1.29 is 9.47 Å². The molecule has 0 radical (unpaired) electrons. The lowest BCUT2D eigenvalue weighted by molar-refractivity contribution is 0.174. The molecule has 1 aliphatic rings. The number of rotatable bonds is 4. The summed E-state index contributed by atoms with van der Waals surface area (Å²) in [6, 6.07) is 5.88. The van der Waals surface area contributed by atoms with E-state index in [1.165, 1.54) is 0 Å². The minimum Gasteiger partial charge on any atom is -0.454 e. The van der Waals surface area contributed by atoms with Crippen LogP contribution in [0.5, 0.6) is 11.5 Å². The highest BCUT2D eigenvalue weighted by Gasteiger charge is 2.13. The van der Waals surface area contributed by atoms with Crippen molar-refractivity contribution in [3.05, 3.63) is 40.3 Å². The van der Waals surface area contributed by atoms with Gasteiger partial charge in [-0.2, -0.15) is 0 Å². The Kier molecular flexibility index (Phi) is 3.84. The first-order valence-electron chi connectivity index (χ1n) is 6.82. The quantitative estimate of drug-likeness (QED) is 0.878. The Morgan fingerprint density at radius 1 is 1.24 bits per heavy atom. The van der Waals surface area contributed by atoms with Gasteiger partial charge in [-0.05, 0) is 24.6 Å². The van der Waals surface area contributed by atoms with Crippen LogP contribution in [0.1, 0.15) is 23.9 Å². The smallest absolute Gasteiger partial charge is 0.231 e. The zero-order valence-electron chi connectivity index (χ0n) is 11.9. The first-order valence-corrected chi connectivity index (χ1v) is 7.20. The Morgan fingerprint density at radius 3 is 2.86 bits per heavy atom. The second kappa shape index (κ2) is 5.77. The summed E-state index contributed by atoms with van der Waals surface area (Å²) in [4.78, 5) is 8.71. The van der Waals surface area contributed by atoms with Gasteiger partial charge in [-0.15, -0.1) is 0 Å². The van der Waals surface area contributed by atoms with Crippen LogP contribution < -0.4 is 14.8 Å². The molecular formula is C15H16ClN3O2. The molecule has 1 aliphatic heterocycles. The molecule has 1 aromatic heterocycles. The predicted molar refractivity (Wildman–Crippen MR) is 81.0 cm³/mol. The van der Waals surface area contributed by atoms with Crippen molar-refractivity contribution in [2.75, 3.05) is 12.1 Å². The van der Waals surface area contributed by atoms with E-state index in [9.17, 15) is 0 Å². The van der Waals surface area contributed by atoms with Crippen molar-refractivity contribution in [2.24, 2.45) is 0 Å². The largest absolute Gasteiger partial charge is 0.454 e. The van der Waals surface area contributed by atoms with Crippen LogP contribution in [0.15, 0.2) is 18.2 Å². The van der Waals surface area contributed by atoms with E-state index in [2.05, 4.69) is 15.3 Å². The summed E-state index contributed by atoms with van der Waals surface area (Å²) in [7, 11) is 0. The van der Waals surface area contributed by atoms with Gasteiger partial charge < -0.3 is 14.8 Å². The second-order valence-corrected chi connectivity index (χ2v) is 5.16. The number of hydrogen-bond acceptors (Lipinski definition) is 5. The SMILES string of the molecule is CCc1nc(Cl)c(C)c(NCc2ccc3c(c2)OCO3)n1. The van der Waals surface area contributed by atoms with Crippen LogP contribution in [-0.2, 0) is 13.0 Å². The standard InChI is InChI=1S/C15H16ClN3O2/c1-3-13-18-14(16)9(2)15(19-13)17-7-10-4-5-11-12(6-10)21-8-20-11/h4-6H,3,7-8H2,1-2H3,(H,17,18,19). The highest BCUT2D eigenvalue weighted by atomic mass is 35.5. The molecule has 0 saturated heterocycles. The summed E-state index contributed by atoms with van der Waals surface area (Å²) in [5, 5.41) is 3.80. The van der Waals surface area contributed by atoms with Gasteiger partial charge in [0.05, 0.1) is 0 Å². The Hall–Kier alpha value is -2.01. The fourth-order valence-electron chi connectivity index (χ4n) is 2.10. The molecule has 21 heavy (non-hydrogen) atoms. The lowest BCUT2D eigenvalue weighted by Gasteiger charge is -2.11. The van der Waals surface area contributed by atoms with Crippen LogP contribution >= 0.6 is 11.6 Å². The van der Waals surface area contributed by atoms with Gasteiger partial charge in [0.2, 0.25) is 6.79 Å². The molecule has 5 nitrogen and oxygen atoms in total. The first kappa shape index (κ1) is 13.9. The van der Waals surface area contributed by atoms with Crippen molar-refractivity contribution in [1.29, 1.82) is 0 Å². The summed E-state index contributed by atoms with van der Waals surface area (Å²) in [6.45, 7) is 4.83. The number of benzene rings is 1. The van der Waals surface area contributed by atoms with E-state index >= 15 is 0 Å². The topological polar surface area (TPSA) is 56.3 Å². The molecule has 1 aromatic carbocycles. The molecule has 0 amide bonds. The summed E-state index contributed by atoms with van der Waals surface area (Å²) in [5.41, 5.74) is 1.95. The van der Waals surface area contributed by atoms with Gasteiger partial charge in [-0.3, -0.25) is 0 Å². The molecular weight excluding hydrogens is 290 g/mol. The molecule has 2 heterocycles. The number of aromatic nitrogens is 2. The molecule has 3 rings (SSSR count). The highest BCUT2D eigenvalue weighted by molar-refractivity contribution is 6.30. The van der Waals surface area contributed by atoms with Crippen molar-refractivity contribution in [3.8, 4) is 11.5 Å². The van der Waals surface area contributed by atoms with Crippen LogP contribution in [0.3, 0.4) is 0 Å². The van der Waals surface area contributed by atoms with Gasteiger partial charge in [-0.25, -0.2) is 9.97 Å². The zero-order chi connectivity index (χ0) is 14.8.